The van der Waals surface area contributed by atoms with Crippen molar-refractivity contribution in [1.29, 1.82) is 0 Å². The van der Waals surface area contributed by atoms with Gasteiger partial charge in [-0.05, 0) is 0 Å². The van der Waals surface area contributed by atoms with Crippen molar-refractivity contribution in [2.24, 2.45) is 0 Å². The molecule has 0 aromatic carbocycles. The fraction of sp³-hybridized carbons (Fsp3) is 0.875. The Kier molecular flexibility index (Phi) is 5.79. The van der Waals surface area contributed by atoms with Crippen molar-refractivity contribution < 1.29 is 35.4 Å². The third kappa shape index (κ3) is 3.11. The number of amides is 1. The molecule has 1 aliphatic rings. The Balaban J connectivity index is 0.00000225. The predicted molar refractivity (Wildman–Crippen MR) is 51.2 cm³/mol. The third-order valence-electron chi connectivity index (χ3n) is 2.27. The van der Waals surface area contributed by atoms with E-state index < -0.39 is 43.2 Å². The maximum absolute atomic E-state index is 10.7. The third-order valence-corrected chi connectivity index (χ3v) is 2.27. The number of nitrogens with one attached hydrogen (secondary N) is 1. The lowest BCUT2D eigenvalue weighted by molar-refractivity contribution is -0.253. The van der Waals surface area contributed by atoms with Crippen molar-refractivity contribution in [2.45, 2.75) is 37.6 Å². The highest BCUT2D eigenvalue weighted by atomic mass is 16.6. The quantitative estimate of drug-likeness (QED) is 0.332. The van der Waals surface area contributed by atoms with E-state index in [1.165, 1.54) is 6.92 Å². The highest BCUT2D eigenvalue weighted by Crippen LogP contribution is 2.19. The second kappa shape index (κ2) is 6.09. The number of hydrogen-bond acceptors (Lipinski definition) is 6. The first-order valence-electron chi connectivity index (χ1n) is 4.55. The maximum atomic E-state index is 10.7. The van der Waals surface area contributed by atoms with Crippen molar-refractivity contribution in [3.8, 4) is 0 Å². The normalized spacial score (nSPS) is 38.7. The van der Waals surface area contributed by atoms with Gasteiger partial charge in [0.05, 0.1) is 6.61 Å². The molecule has 96 valence electrons. The fourth-order valence-corrected chi connectivity index (χ4v) is 1.49. The molecule has 0 saturated carbocycles. The second-order valence-electron chi connectivity index (χ2n) is 3.46. The summed E-state index contributed by atoms with van der Waals surface area (Å²) in [4.78, 5) is 10.7. The molecule has 7 N–H and O–H groups in total. The molecule has 1 heterocycles. The van der Waals surface area contributed by atoms with Crippen LogP contribution in [0.4, 0.5) is 0 Å². The molecule has 0 aromatic rings. The van der Waals surface area contributed by atoms with Crippen LogP contribution in [0.15, 0.2) is 0 Å². The number of ether oxygens (including phenoxy) is 1. The van der Waals surface area contributed by atoms with Crippen LogP contribution >= 0.6 is 0 Å². The summed E-state index contributed by atoms with van der Waals surface area (Å²) in [6.07, 6.45) is -5.24. The molecule has 0 spiro atoms. The van der Waals surface area contributed by atoms with Gasteiger partial charge in [-0.3, -0.25) is 4.79 Å². The van der Waals surface area contributed by atoms with Crippen LogP contribution in [0, 0.1) is 0 Å². The average Bonchev–Trinajstić information content (AvgIpc) is 2.18. The minimum Gasteiger partial charge on any atom is -0.412 e. The first-order valence-corrected chi connectivity index (χ1v) is 4.55. The van der Waals surface area contributed by atoms with Gasteiger partial charge in [-0.1, -0.05) is 0 Å². The van der Waals surface area contributed by atoms with Gasteiger partial charge in [-0.2, -0.15) is 0 Å². The molecular formula is C8H17NO7. The standard InChI is InChI=1S/C8H15NO6.H2O/c1-3(11)9-5-7(13)6(12)4(2-10)15-8(5)14;/h4-8,10,12-14H,2H2,1H3,(H,9,11);1H2. The van der Waals surface area contributed by atoms with Crippen molar-refractivity contribution in [3.63, 3.8) is 0 Å². The van der Waals surface area contributed by atoms with Crippen molar-refractivity contribution in [2.75, 3.05) is 6.61 Å². The van der Waals surface area contributed by atoms with Crippen molar-refractivity contribution in [1.82, 2.24) is 5.32 Å². The minimum absolute atomic E-state index is 0. The van der Waals surface area contributed by atoms with Crippen LogP contribution in [-0.4, -0.2) is 69.1 Å². The van der Waals surface area contributed by atoms with E-state index in [4.69, 9.17) is 9.84 Å². The Morgan fingerprint density at radius 3 is 2.31 bits per heavy atom. The van der Waals surface area contributed by atoms with Crippen molar-refractivity contribution in [3.05, 3.63) is 0 Å². The fourth-order valence-electron chi connectivity index (χ4n) is 1.49. The van der Waals surface area contributed by atoms with E-state index in [0.29, 0.717) is 0 Å². The molecule has 16 heavy (non-hydrogen) atoms. The van der Waals surface area contributed by atoms with E-state index in [2.05, 4.69) is 5.32 Å². The molecule has 1 fully saturated rings. The summed E-state index contributed by atoms with van der Waals surface area (Å²) in [6.45, 7) is 0.687. The van der Waals surface area contributed by atoms with Crippen molar-refractivity contribution >= 4 is 5.91 Å². The van der Waals surface area contributed by atoms with Crippen LogP contribution in [-0.2, 0) is 9.53 Å². The van der Waals surface area contributed by atoms with Gasteiger partial charge in [0.25, 0.3) is 0 Å². The van der Waals surface area contributed by atoms with E-state index >= 15 is 0 Å². The van der Waals surface area contributed by atoms with Gasteiger partial charge < -0.3 is 36.0 Å². The summed E-state index contributed by atoms with van der Waals surface area (Å²) >= 11 is 0. The van der Waals surface area contributed by atoms with Gasteiger partial charge in [0.15, 0.2) is 6.29 Å². The predicted octanol–water partition coefficient (Wildman–Crippen LogP) is -3.90. The Morgan fingerprint density at radius 1 is 1.31 bits per heavy atom. The summed E-state index contributed by atoms with van der Waals surface area (Å²) in [5.41, 5.74) is 0. The first-order chi connectivity index (χ1) is 6.97. The number of carbonyl (C=O) groups excluding carboxylic acids is 1. The molecular weight excluding hydrogens is 222 g/mol. The number of carbonyl (C=O) groups is 1. The van der Waals surface area contributed by atoms with E-state index in [0.717, 1.165) is 0 Å². The zero-order chi connectivity index (χ0) is 11.6. The molecule has 0 aromatic heterocycles. The van der Waals surface area contributed by atoms with E-state index in [1.807, 2.05) is 0 Å². The molecule has 0 bridgehead atoms. The van der Waals surface area contributed by atoms with Gasteiger partial charge in [0, 0.05) is 6.92 Å². The van der Waals surface area contributed by atoms with Crippen LogP contribution in [0.1, 0.15) is 6.92 Å². The van der Waals surface area contributed by atoms with E-state index in [-0.39, 0.29) is 5.48 Å². The van der Waals surface area contributed by atoms with Gasteiger partial charge in [0.1, 0.15) is 24.4 Å². The van der Waals surface area contributed by atoms with Gasteiger partial charge in [-0.15, -0.1) is 0 Å². The number of aliphatic hydroxyl groups is 4. The molecule has 0 radical (unpaired) electrons. The molecule has 5 atom stereocenters. The highest BCUT2D eigenvalue weighted by molar-refractivity contribution is 5.73. The zero-order valence-corrected chi connectivity index (χ0v) is 8.70. The summed E-state index contributed by atoms with van der Waals surface area (Å²) in [6, 6.07) is -1.10. The molecule has 5 unspecified atom stereocenters. The number of aliphatic hydroxyl groups excluding tert-OH is 4. The molecule has 8 nitrogen and oxygen atoms in total. The molecule has 1 amide bonds. The van der Waals surface area contributed by atoms with Gasteiger partial charge in [0.2, 0.25) is 5.91 Å². The average molecular weight is 239 g/mol. The van der Waals surface area contributed by atoms with Gasteiger partial charge in [-0.25, -0.2) is 0 Å². The van der Waals surface area contributed by atoms with E-state index in [1.54, 1.807) is 0 Å². The summed E-state index contributed by atoms with van der Waals surface area (Å²) in [5.74, 6) is -0.462. The van der Waals surface area contributed by atoms with Gasteiger partial charge >= 0.3 is 0 Å². The monoisotopic (exact) mass is 239 g/mol. The summed E-state index contributed by atoms with van der Waals surface area (Å²) in [7, 11) is 0. The molecule has 1 rings (SSSR count). The molecule has 8 heteroatoms. The van der Waals surface area contributed by atoms with Crippen LogP contribution in [0.25, 0.3) is 0 Å². The molecule has 0 aliphatic carbocycles. The smallest absolute Gasteiger partial charge is 0.217 e. The lowest BCUT2D eigenvalue weighted by Gasteiger charge is -2.40. The Hall–Kier alpha value is -0.770. The molecule has 1 aliphatic heterocycles. The lowest BCUT2D eigenvalue weighted by atomic mass is 9.97. The largest absolute Gasteiger partial charge is 0.412 e. The number of rotatable bonds is 2. The highest BCUT2D eigenvalue weighted by Gasteiger charge is 2.43. The minimum atomic E-state index is -1.45. The van der Waals surface area contributed by atoms with Crippen LogP contribution in [0.2, 0.25) is 0 Å². The Labute approximate surface area is 91.8 Å². The SMILES string of the molecule is CC(=O)NC1C(O)OC(CO)C(O)C1O.O. The number of hydrogen-bond donors (Lipinski definition) is 5. The van der Waals surface area contributed by atoms with Crippen LogP contribution < -0.4 is 5.32 Å². The Bertz CT molecular complexity index is 236. The first kappa shape index (κ1) is 15.2. The van der Waals surface area contributed by atoms with E-state index in [9.17, 15) is 20.1 Å². The second-order valence-corrected chi connectivity index (χ2v) is 3.46. The van der Waals surface area contributed by atoms with Crippen LogP contribution in [0.3, 0.4) is 0 Å². The molecule has 1 saturated heterocycles. The maximum Gasteiger partial charge on any atom is 0.217 e. The topological polar surface area (TPSA) is 151 Å². The lowest BCUT2D eigenvalue weighted by Crippen LogP contribution is -2.63. The summed E-state index contributed by atoms with van der Waals surface area (Å²) in [5, 5.41) is 39.4. The zero-order valence-electron chi connectivity index (χ0n) is 8.70. The Morgan fingerprint density at radius 2 is 1.88 bits per heavy atom. The summed E-state index contributed by atoms with van der Waals surface area (Å²) < 4.78 is 4.81. The van der Waals surface area contributed by atoms with Crippen LogP contribution in [0.5, 0.6) is 0 Å².